The van der Waals surface area contributed by atoms with Gasteiger partial charge >= 0.3 is 0 Å². The molecule has 0 amide bonds. The van der Waals surface area contributed by atoms with Crippen molar-refractivity contribution >= 4 is 49.2 Å². The van der Waals surface area contributed by atoms with Crippen molar-refractivity contribution in [1.29, 1.82) is 0 Å². The van der Waals surface area contributed by atoms with E-state index in [1.165, 1.54) is 104 Å². The normalized spacial score (nSPS) is 13.1. The van der Waals surface area contributed by atoms with Crippen molar-refractivity contribution in [2.24, 2.45) is 0 Å². The van der Waals surface area contributed by atoms with E-state index in [1.54, 1.807) is 0 Å². The molecular formula is C46H60NO7+. The smallest absolute Gasteiger partial charge is 0.194 e. The zero-order chi connectivity index (χ0) is 38.7. The van der Waals surface area contributed by atoms with Crippen LogP contribution < -0.4 is 25.1 Å². The van der Waals surface area contributed by atoms with E-state index < -0.39 is 5.43 Å². The third kappa shape index (κ3) is 7.26. The minimum atomic E-state index is -0.400. The van der Waals surface area contributed by atoms with Crippen LogP contribution in [0.15, 0.2) is 27.3 Å². The number of ether oxygens (including phenoxy) is 3. The fraction of sp³-hybridized carbons (Fsp3) is 0.522. The Balaban J connectivity index is 1.32. The number of benzene rings is 5. The molecule has 0 saturated heterocycles. The standard InChI is InChI=1S/C46H59NO7/c1-8-9-10-11-12-13-14-15-16-19-22-47(3,4)23-20-17-18-21-29-30-24-28(2)25-31-37-36(30)42-38(44(29)50)32(48)26-34(52-5)40(42)41-35(53-6)27-33(49)39(43(37)41)45(51)46(31)54-7/h25-27H,8-24H2,1-7H3,(H-,48,49,50,51)/p+1. The Kier molecular flexibility index (Phi) is 12.1. The maximum absolute atomic E-state index is 14.0. The maximum Gasteiger partial charge on any atom is 0.194 e. The molecule has 2 N–H and O–H groups in total. The topological polar surface area (TPSA) is 102 Å². The van der Waals surface area contributed by atoms with Crippen LogP contribution in [-0.4, -0.2) is 63.2 Å². The van der Waals surface area contributed by atoms with Crippen LogP contribution in [0.2, 0.25) is 0 Å². The van der Waals surface area contributed by atoms with E-state index in [9.17, 15) is 19.8 Å². The van der Waals surface area contributed by atoms with Gasteiger partial charge in [-0.15, -0.1) is 0 Å². The van der Waals surface area contributed by atoms with Crippen LogP contribution in [-0.2, 0) is 12.8 Å². The van der Waals surface area contributed by atoms with Crippen LogP contribution >= 0.6 is 0 Å². The number of rotatable bonds is 20. The van der Waals surface area contributed by atoms with Crippen LogP contribution in [0.3, 0.4) is 0 Å². The lowest BCUT2D eigenvalue weighted by Gasteiger charge is -2.30. The largest absolute Gasteiger partial charge is 0.507 e. The molecule has 1 aliphatic carbocycles. The highest BCUT2D eigenvalue weighted by Crippen LogP contribution is 2.55. The number of fused-ring (bicyclic) bond motifs is 1. The SMILES string of the molecule is CCCCCCCCCCCC[N+](C)(C)CCCCCc1c(O)c2c(=O)cc(OC)c3c4c(OC)cc(=O)c5c(O)c(OC)c6c(c(c1CC(C)=C6)c23)c54. The van der Waals surface area contributed by atoms with Crippen molar-refractivity contribution in [3.05, 3.63) is 54.8 Å². The molecule has 0 unspecified atom stereocenters. The minimum Gasteiger partial charge on any atom is -0.507 e. The second-order valence-corrected chi connectivity index (χ2v) is 16.3. The predicted octanol–water partition coefficient (Wildman–Crippen LogP) is 10.0. The van der Waals surface area contributed by atoms with Gasteiger partial charge in [-0.2, -0.15) is 0 Å². The van der Waals surface area contributed by atoms with Gasteiger partial charge in [0.05, 0.1) is 59.3 Å². The molecule has 0 spiro atoms. The molecular weight excluding hydrogens is 679 g/mol. The van der Waals surface area contributed by atoms with Crippen molar-refractivity contribution in [3.63, 3.8) is 0 Å². The van der Waals surface area contributed by atoms with Gasteiger partial charge in [-0.05, 0) is 68.4 Å². The van der Waals surface area contributed by atoms with E-state index in [1.807, 2.05) is 13.0 Å². The first kappa shape index (κ1) is 39.4. The van der Waals surface area contributed by atoms with Crippen molar-refractivity contribution in [2.75, 3.05) is 48.5 Å². The average Bonchev–Trinajstić information content (AvgIpc) is 3.29. The predicted molar refractivity (Wildman–Crippen MR) is 223 cm³/mol. The maximum atomic E-state index is 14.0. The lowest BCUT2D eigenvalue weighted by Crippen LogP contribution is -2.41. The summed E-state index contributed by atoms with van der Waals surface area (Å²) in [5.41, 5.74) is 2.59. The fourth-order valence-electron chi connectivity index (χ4n) is 9.22. The average molecular weight is 739 g/mol. The third-order valence-corrected chi connectivity index (χ3v) is 12.0. The van der Waals surface area contributed by atoms with Crippen molar-refractivity contribution in [2.45, 2.75) is 110 Å². The van der Waals surface area contributed by atoms with Crippen LogP contribution in [0.5, 0.6) is 28.7 Å². The molecule has 0 aromatic heterocycles. The van der Waals surface area contributed by atoms with Crippen LogP contribution in [0.25, 0.3) is 49.2 Å². The van der Waals surface area contributed by atoms with Gasteiger partial charge in [-0.25, -0.2) is 0 Å². The Morgan fingerprint density at radius 3 is 1.65 bits per heavy atom. The molecule has 5 aromatic carbocycles. The number of hydrogen-bond acceptors (Lipinski definition) is 7. The Morgan fingerprint density at radius 2 is 1.11 bits per heavy atom. The number of hydrogen-bond donors (Lipinski definition) is 2. The van der Waals surface area contributed by atoms with Gasteiger partial charge in [0.15, 0.2) is 22.4 Å². The van der Waals surface area contributed by atoms with Gasteiger partial charge in [-0.1, -0.05) is 69.9 Å². The highest BCUT2D eigenvalue weighted by Gasteiger charge is 2.33. The molecule has 8 nitrogen and oxygen atoms in total. The molecule has 1 aliphatic rings. The van der Waals surface area contributed by atoms with Gasteiger partial charge in [0.1, 0.15) is 17.2 Å². The first-order valence-electron chi connectivity index (χ1n) is 20.2. The number of phenols is 2. The zero-order valence-electron chi connectivity index (χ0n) is 33.6. The Hall–Kier alpha value is -4.30. The summed E-state index contributed by atoms with van der Waals surface area (Å²) < 4.78 is 18.5. The zero-order valence-corrected chi connectivity index (χ0v) is 33.6. The first-order chi connectivity index (χ1) is 26.0. The van der Waals surface area contributed by atoms with Crippen LogP contribution in [0.4, 0.5) is 0 Å². The third-order valence-electron chi connectivity index (χ3n) is 12.0. The molecule has 8 heteroatoms. The van der Waals surface area contributed by atoms with Gasteiger partial charge < -0.3 is 28.9 Å². The van der Waals surface area contributed by atoms with Gasteiger partial charge in [-0.3, -0.25) is 9.59 Å². The molecule has 54 heavy (non-hydrogen) atoms. The van der Waals surface area contributed by atoms with Gasteiger partial charge in [0, 0.05) is 44.6 Å². The molecule has 5 aromatic rings. The molecule has 0 atom stereocenters. The van der Waals surface area contributed by atoms with E-state index >= 15 is 0 Å². The summed E-state index contributed by atoms with van der Waals surface area (Å²) >= 11 is 0. The van der Waals surface area contributed by atoms with Gasteiger partial charge in [0.25, 0.3) is 0 Å². The van der Waals surface area contributed by atoms with Crippen LogP contribution in [0, 0.1) is 0 Å². The number of methoxy groups -OCH3 is 3. The second-order valence-electron chi connectivity index (χ2n) is 16.3. The summed E-state index contributed by atoms with van der Waals surface area (Å²) in [7, 11) is 9.16. The highest BCUT2D eigenvalue weighted by atomic mass is 16.5. The van der Waals surface area contributed by atoms with Gasteiger partial charge in [0.2, 0.25) is 0 Å². The molecule has 290 valence electrons. The molecule has 0 saturated carbocycles. The molecule has 0 aliphatic heterocycles. The summed E-state index contributed by atoms with van der Waals surface area (Å²) in [6.45, 7) is 6.57. The lowest BCUT2D eigenvalue weighted by molar-refractivity contribution is -0.890. The summed E-state index contributed by atoms with van der Waals surface area (Å²) in [6.07, 6.45) is 19.5. The first-order valence-corrected chi connectivity index (χ1v) is 20.2. The molecule has 0 fully saturated rings. The number of quaternary nitrogens is 1. The number of aromatic hydroxyl groups is 2. The van der Waals surface area contributed by atoms with E-state index in [2.05, 4.69) is 21.0 Å². The number of unbranched alkanes of at least 4 members (excludes halogenated alkanes) is 11. The van der Waals surface area contributed by atoms with E-state index in [0.29, 0.717) is 56.8 Å². The molecule has 6 rings (SSSR count). The number of allylic oxidation sites excluding steroid dienone is 1. The quantitative estimate of drug-likeness (QED) is 0.0355. The molecule has 0 bridgehead atoms. The monoisotopic (exact) mass is 738 g/mol. The van der Waals surface area contributed by atoms with E-state index in [0.717, 1.165) is 52.4 Å². The Labute approximate surface area is 319 Å². The van der Waals surface area contributed by atoms with Crippen molar-refractivity contribution in [3.8, 4) is 28.7 Å². The van der Waals surface area contributed by atoms with Crippen molar-refractivity contribution in [1.82, 2.24) is 0 Å². The Morgan fingerprint density at radius 1 is 0.611 bits per heavy atom. The minimum absolute atomic E-state index is 0.0100. The number of nitrogens with zero attached hydrogens (tertiary/aromatic N) is 1. The summed E-state index contributed by atoms with van der Waals surface area (Å²) in [5.74, 6) is 0.590. The number of phenolic OH excluding ortho intramolecular Hbond substituents is 2. The van der Waals surface area contributed by atoms with E-state index in [4.69, 9.17) is 14.2 Å². The van der Waals surface area contributed by atoms with Crippen LogP contribution in [0.1, 0.15) is 114 Å². The fourth-order valence-corrected chi connectivity index (χ4v) is 9.22. The summed E-state index contributed by atoms with van der Waals surface area (Å²) in [4.78, 5) is 27.7. The molecule has 0 radical (unpaired) electrons. The van der Waals surface area contributed by atoms with Crippen molar-refractivity contribution < 1.29 is 28.9 Å². The lowest BCUT2D eigenvalue weighted by atomic mass is 9.81. The van der Waals surface area contributed by atoms with E-state index in [-0.39, 0.29) is 33.4 Å². The summed E-state index contributed by atoms with van der Waals surface area (Å²) in [6, 6.07) is 2.77. The second kappa shape index (κ2) is 16.6. The Bertz CT molecular complexity index is 2290. The summed E-state index contributed by atoms with van der Waals surface area (Å²) in [5, 5.41) is 27.8. The molecule has 0 heterocycles. The highest BCUT2D eigenvalue weighted by molar-refractivity contribution is 6.39.